The van der Waals surface area contributed by atoms with Gasteiger partial charge in [-0.1, -0.05) is 29.3 Å². The van der Waals surface area contributed by atoms with Crippen LogP contribution >= 0.6 is 11.6 Å². The van der Waals surface area contributed by atoms with Crippen molar-refractivity contribution in [3.05, 3.63) is 64.7 Å². The van der Waals surface area contributed by atoms with Crippen LogP contribution in [0.2, 0.25) is 5.02 Å². The van der Waals surface area contributed by atoms with Crippen LogP contribution in [-0.4, -0.2) is 24.0 Å². The number of hydrogen-bond donors (Lipinski definition) is 0. The lowest BCUT2D eigenvalue weighted by atomic mass is 10.1. The molecule has 0 aliphatic carbocycles. The molecule has 0 aliphatic rings. The number of hydrogen-bond acceptors (Lipinski definition) is 4. The summed E-state index contributed by atoms with van der Waals surface area (Å²) >= 11 is 5.80. The zero-order valence-electron chi connectivity index (χ0n) is 13.8. The van der Waals surface area contributed by atoms with Crippen LogP contribution in [0.15, 0.2) is 48.5 Å². The minimum Gasteiger partial charge on any atom is -0.479 e. The minimum absolute atomic E-state index is 0.289. The van der Waals surface area contributed by atoms with Crippen molar-refractivity contribution in [1.82, 2.24) is 0 Å². The van der Waals surface area contributed by atoms with Crippen LogP contribution in [-0.2, 0) is 9.53 Å². The molecule has 5 heteroatoms. The van der Waals surface area contributed by atoms with E-state index in [2.05, 4.69) is 0 Å². The van der Waals surface area contributed by atoms with Crippen molar-refractivity contribution in [3.63, 3.8) is 0 Å². The Hall–Kier alpha value is -2.33. The number of benzene rings is 2. The van der Waals surface area contributed by atoms with Gasteiger partial charge >= 0.3 is 5.97 Å². The SMILES string of the molecule is Cc1ccc(O[C@@H](C)C(=O)O[C@H](C)C(=O)c2ccc(Cl)cc2)cc1. The van der Waals surface area contributed by atoms with E-state index < -0.39 is 18.2 Å². The fourth-order valence-electron chi connectivity index (χ4n) is 2.04. The molecular formula is C19H19ClO4. The number of carbonyl (C=O) groups is 2. The Labute approximate surface area is 146 Å². The topological polar surface area (TPSA) is 52.6 Å². The lowest BCUT2D eigenvalue weighted by molar-refractivity contribution is -0.153. The van der Waals surface area contributed by atoms with E-state index in [0.29, 0.717) is 16.3 Å². The summed E-state index contributed by atoms with van der Waals surface area (Å²) in [6, 6.07) is 13.8. The summed E-state index contributed by atoms with van der Waals surface area (Å²) in [5, 5.41) is 0.538. The van der Waals surface area contributed by atoms with E-state index in [-0.39, 0.29) is 5.78 Å². The van der Waals surface area contributed by atoms with Gasteiger partial charge < -0.3 is 9.47 Å². The van der Waals surface area contributed by atoms with Crippen LogP contribution in [0.1, 0.15) is 29.8 Å². The second-order valence-corrected chi connectivity index (χ2v) is 5.96. The highest BCUT2D eigenvalue weighted by molar-refractivity contribution is 6.30. The summed E-state index contributed by atoms with van der Waals surface area (Å²) in [4.78, 5) is 24.3. The normalized spacial score (nSPS) is 13.0. The van der Waals surface area contributed by atoms with Crippen molar-refractivity contribution in [2.75, 3.05) is 0 Å². The molecule has 0 saturated heterocycles. The summed E-state index contributed by atoms with van der Waals surface area (Å²) in [6.07, 6.45) is -1.71. The van der Waals surface area contributed by atoms with Crippen molar-refractivity contribution in [2.24, 2.45) is 0 Å². The predicted molar refractivity (Wildman–Crippen MR) is 92.6 cm³/mol. The molecule has 0 saturated carbocycles. The number of rotatable bonds is 6. The zero-order chi connectivity index (χ0) is 17.7. The van der Waals surface area contributed by atoms with Crippen molar-refractivity contribution in [2.45, 2.75) is 33.0 Å². The number of halogens is 1. The Morgan fingerprint density at radius 1 is 0.917 bits per heavy atom. The van der Waals surface area contributed by atoms with Crippen LogP contribution < -0.4 is 4.74 Å². The van der Waals surface area contributed by atoms with E-state index in [0.717, 1.165) is 5.56 Å². The maximum Gasteiger partial charge on any atom is 0.347 e. The Bertz CT molecular complexity index is 707. The van der Waals surface area contributed by atoms with Gasteiger partial charge in [-0.25, -0.2) is 4.79 Å². The highest BCUT2D eigenvalue weighted by Gasteiger charge is 2.24. The molecule has 0 aliphatic heterocycles. The van der Waals surface area contributed by atoms with Crippen molar-refractivity contribution >= 4 is 23.4 Å². The van der Waals surface area contributed by atoms with Crippen LogP contribution in [0.4, 0.5) is 0 Å². The third kappa shape index (κ3) is 4.83. The number of ether oxygens (including phenoxy) is 2. The van der Waals surface area contributed by atoms with Gasteiger partial charge in [-0.05, 0) is 57.2 Å². The monoisotopic (exact) mass is 346 g/mol. The average molecular weight is 347 g/mol. The molecule has 0 bridgehead atoms. The van der Waals surface area contributed by atoms with Gasteiger partial charge in [0.1, 0.15) is 5.75 Å². The summed E-state index contributed by atoms with van der Waals surface area (Å²) in [6.45, 7) is 5.08. The summed E-state index contributed by atoms with van der Waals surface area (Å²) in [5.74, 6) is -0.310. The Morgan fingerprint density at radius 3 is 2.08 bits per heavy atom. The Morgan fingerprint density at radius 2 is 1.50 bits per heavy atom. The number of carbonyl (C=O) groups excluding carboxylic acids is 2. The third-order valence-electron chi connectivity index (χ3n) is 3.46. The third-order valence-corrected chi connectivity index (χ3v) is 3.71. The average Bonchev–Trinajstić information content (AvgIpc) is 2.56. The van der Waals surface area contributed by atoms with Gasteiger partial charge in [0.2, 0.25) is 5.78 Å². The largest absolute Gasteiger partial charge is 0.479 e. The van der Waals surface area contributed by atoms with Crippen LogP contribution in [0.5, 0.6) is 5.75 Å². The highest BCUT2D eigenvalue weighted by Crippen LogP contribution is 2.15. The Kier molecular flexibility index (Phi) is 5.99. The molecule has 0 unspecified atom stereocenters. The first kappa shape index (κ1) is 18.0. The van der Waals surface area contributed by atoms with Gasteiger partial charge in [0.05, 0.1) is 0 Å². The number of Topliss-reactive ketones (excluding diaryl/α,β-unsaturated/α-hetero) is 1. The van der Waals surface area contributed by atoms with E-state index in [1.165, 1.54) is 6.92 Å². The fraction of sp³-hybridized carbons (Fsp3) is 0.263. The van der Waals surface area contributed by atoms with Crippen molar-refractivity contribution in [3.8, 4) is 5.75 Å². The molecule has 0 N–H and O–H groups in total. The summed E-state index contributed by atoms with van der Waals surface area (Å²) in [5.41, 5.74) is 1.53. The first-order chi connectivity index (χ1) is 11.4. The Balaban J connectivity index is 1.93. The van der Waals surface area contributed by atoms with E-state index in [1.807, 2.05) is 19.1 Å². The zero-order valence-corrected chi connectivity index (χ0v) is 14.5. The van der Waals surface area contributed by atoms with Crippen molar-refractivity contribution in [1.29, 1.82) is 0 Å². The smallest absolute Gasteiger partial charge is 0.347 e. The molecule has 126 valence electrons. The molecule has 24 heavy (non-hydrogen) atoms. The van der Waals surface area contributed by atoms with Gasteiger partial charge in [-0.2, -0.15) is 0 Å². The molecule has 2 atom stereocenters. The van der Waals surface area contributed by atoms with E-state index >= 15 is 0 Å². The van der Waals surface area contributed by atoms with Gasteiger partial charge in [0.15, 0.2) is 12.2 Å². The molecule has 0 spiro atoms. The van der Waals surface area contributed by atoms with Crippen LogP contribution in [0.25, 0.3) is 0 Å². The predicted octanol–water partition coefficient (Wildman–Crippen LogP) is 4.23. The first-order valence-electron chi connectivity index (χ1n) is 7.60. The molecule has 2 rings (SSSR count). The second kappa shape index (κ2) is 7.97. The number of aryl methyl sites for hydroxylation is 1. The van der Waals surface area contributed by atoms with Crippen LogP contribution in [0.3, 0.4) is 0 Å². The van der Waals surface area contributed by atoms with E-state index in [4.69, 9.17) is 21.1 Å². The number of esters is 1. The highest BCUT2D eigenvalue weighted by atomic mass is 35.5. The summed E-state index contributed by atoms with van der Waals surface area (Å²) in [7, 11) is 0. The molecule has 0 fully saturated rings. The van der Waals surface area contributed by atoms with E-state index in [9.17, 15) is 9.59 Å². The molecule has 0 heterocycles. The molecule has 0 amide bonds. The van der Waals surface area contributed by atoms with E-state index in [1.54, 1.807) is 43.3 Å². The van der Waals surface area contributed by atoms with Gasteiger partial charge in [-0.15, -0.1) is 0 Å². The standard InChI is InChI=1S/C19H19ClO4/c1-12-4-10-17(11-5-12)23-14(3)19(22)24-13(2)18(21)15-6-8-16(20)9-7-15/h4-11,13-14H,1-3H3/t13-,14+/m1/s1. The fourth-order valence-corrected chi connectivity index (χ4v) is 2.17. The molecule has 2 aromatic rings. The number of ketones is 1. The lowest BCUT2D eigenvalue weighted by Crippen LogP contribution is -2.32. The first-order valence-corrected chi connectivity index (χ1v) is 7.98. The molecule has 2 aromatic carbocycles. The maximum absolute atomic E-state index is 12.2. The van der Waals surface area contributed by atoms with Crippen molar-refractivity contribution < 1.29 is 19.1 Å². The summed E-state index contributed by atoms with van der Waals surface area (Å²) < 4.78 is 10.7. The van der Waals surface area contributed by atoms with Gasteiger partial charge in [-0.3, -0.25) is 4.79 Å². The molecular weight excluding hydrogens is 328 g/mol. The molecule has 0 radical (unpaired) electrons. The van der Waals surface area contributed by atoms with Gasteiger partial charge in [0, 0.05) is 10.6 Å². The quantitative estimate of drug-likeness (QED) is 0.580. The maximum atomic E-state index is 12.2. The lowest BCUT2D eigenvalue weighted by Gasteiger charge is -2.17. The second-order valence-electron chi connectivity index (χ2n) is 5.52. The molecule has 4 nitrogen and oxygen atoms in total. The minimum atomic E-state index is -0.900. The van der Waals surface area contributed by atoms with Crippen LogP contribution in [0, 0.1) is 6.92 Å². The molecule has 0 aromatic heterocycles. The van der Waals surface area contributed by atoms with Gasteiger partial charge in [0.25, 0.3) is 0 Å².